The summed E-state index contributed by atoms with van der Waals surface area (Å²) in [6, 6.07) is 0. The van der Waals surface area contributed by atoms with Crippen molar-refractivity contribution in [3.63, 3.8) is 0 Å². The van der Waals surface area contributed by atoms with E-state index in [-0.39, 0.29) is 30.3 Å². The Bertz CT molecular complexity index is 274. The van der Waals surface area contributed by atoms with E-state index >= 15 is 0 Å². The van der Waals surface area contributed by atoms with Crippen molar-refractivity contribution in [2.24, 2.45) is 0 Å². The molecule has 0 aromatic heterocycles. The number of aliphatic carboxylic acids is 4. The monoisotopic (exact) mass is 344 g/mol. The van der Waals surface area contributed by atoms with Gasteiger partial charge in [-0.25, -0.2) is 0 Å². The van der Waals surface area contributed by atoms with Crippen LogP contribution in [0.1, 0.15) is 39.0 Å². The predicted molar refractivity (Wildman–Crippen MR) is 81.1 cm³/mol. The van der Waals surface area contributed by atoms with Gasteiger partial charge < -0.3 is 20.4 Å². The number of carbonyl (C=O) groups is 4. The molecule has 0 radical (unpaired) electrons. The zero-order valence-corrected chi connectivity index (χ0v) is 13.2. The first-order valence-corrected chi connectivity index (χ1v) is 6.79. The molecule has 0 aliphatic carbocycles. The molecule has 0 aromatic carbocycles. The molecule has 8 nitrogen and oxygen atoms in total. The SMILES string of the molecule is CCC(S)S.O=C(O)CCC(=O)O.O=C(O)CCC(=O)O. The molecule has 0 aromatic rings. The largest absolute Gasteiger partial charge is 0.481 e. The van der Waals surface area contributed by atoms with Crippen LogP contribution in [0.2, 0.25) is 0 Å². The van der Waals surface area contributed by atoms with E-state index in [1.807, 2.05) is 6.92 Å². The fraction of sp³-hybridized carbons (Fsp3) is 0.636. The second-order valence-electron chi connectivity index (χ2n) is 3.46. The summed E-state index contributed by atoms with van der Waals surface area (Å²) in [4.78, 5) is 38.6. The Labute approximate surface area is 133 Å². The highest BCUT2D eigenvalue weighted by atomic mass is 32.2. The molecular weight excluding hydrogens is 324 g/mol. The van der Waals surface area contributed by atoms with Gasteiger partial charge >= 0.3 is 23.9 Å². The summed E-state index contributed by atoms with van der Waals surface area (Å²) < 4.78 is 0.273. The first-order valence-electron chi connectivity index (χ1n) is 5.76. The van der Waals surface area contributed by atoms with Gasteiger partial charge in [0.2, 0.25) is 0 Å². The maximum absolute atomic E-state index is 9.64. The third kappa shape index (κ3) is 45.6. The quantitative estimate of drug-likeness (QED) is 0.300. The molecule has 0 heterocycles. The molecule has 0 amide bonds. The van der Waals surface area contributed by atoms with Crippen LogP contribution in [0.3, 0.4) is 0 Å². The Morgan fingerprint density at radius 3 is 0.905 bits per heavy atom. The van der Waals surface area contributed by atoms with E-state index < -0.39 is 23.9 Å². The van der Waals surface area contributed by atoms with E-state index in [1.54, 1.807) is 0 Å². The molecule has 0 fully saturated rings. The highest BCUT2D eigenvalue weighted by Gasteiger charge is 2.01. The van der Waals surface area contributed by atoms with Gasteiger partial charge in [0.05, 0.1) is 25.7 Å². The maximum Gasteiger partial charge on any atom is 0.303 e. The average molecular weight is 344 g/mol. The molecule has 0 atom stereocenters. The van der Waals surface area contributed by atoms with Crippen LogP contribution in [0.5, 0.6) is 0 Å². The van der Waals surface area contributed by atoms with Crippen LogP contribution in [0, 0.1) is 0 Å². The molecule has 0 aliphatic rings. The molecule has 4 N–H and O–H groups in total. The molecule has 0 bridgehead atoms. The zero-order chi connectivity index (χ0) is 17.4. The van der Waals surface area contributed by atoms with Crippen LogP contribution < -0.4 is 0 Å². The minimum Gasteiger partial charge on any atom is -0.481 e. The third-order valence-corrected chi connectivity index (χ3v) is 2.20. The number of thiol groups is 2. The van der Waals surface area contributed by atoms with Crippen molar-refractivity contribution in [3.8, 4) is 0 Å². The van der Waals surface area contributed by atoms with Gasteiger partial charge in [-0.15, -0.1) is 0 Å². The van der Waals surface area contributed by atoms with Gasteiger partial charge in [-0.1, -0.05) is 6.92 Å². The van der Waals surface area contributed by atoms with Crippen LogP contribution in [0.4, 0.5) is 0 Å². The van der Waals surface area contributed by atoms with Gasteiger partial charge in [-0.05, 0) is 6.42 Å². The van der Waals surface area contributed by atoms with Crippen LogP contribution >= 0.6 is 25.3 Å². The van der Waals surface area contributed by atoms with Crippen molar-refractivity contribution in [2.75, 3.05) is 0 Å². The van der Waals surface area contributed by atoms with Gasteiger partial charge in [0.1, 0.15) is 0 Å². The molecule has 0 aliphatic heterocycles. The standard InChI is InChI=1S/2C4H6O4.C3H8S2/c2*5-3(6)1-2-4(7)8;1-2-3(4)5/h2*1-2H2,(H,5,6)(H,7,8);3-5H,2H2,1H3. The fourth-order valence-electron chi connectivity index (χ4n) is 0.428. The lowest BCUT2D eigenvalue weighted by molar-refractivity contribution is -0.143. The summed E-state index contributed by atoms with van der Waals surface area (Å²) >= 11 is 7.92. The van der Waals surface area contributed by atoms with Gasteiger partial charge in [0.15, 0.2) is 0 Å². The summed E-state index contributed by atoms with van der Waals surface area (Å²) in [6.45, 7) is 2.05. The summed E-state index contributed by atoms with van der Waals surface area (Å²) in [5.74, 6) is -4.31. The second-order valence-corrected chi connectivity index (χ2v) is 5.12. The molecular formula is C11H20O8S2. The number of hydrogen-bond donors (Lipinski definition) is 6. The first-order chi connectivity index (χ1) is 9.52. The third-order valence-electron chi connectivity index (χ3n) is 1.47. The Kier molecular flexibility index (Phi) is 19.5. The van der Waals surface area contributed by atoms with Gasteiger partial charge in [-0.2, -0.15) is 25.3 Å². The van der Waals surface area contributed by atoms with Crippen molar-refractivity contribution >= 4 is 49.1 Å². The second kappa shape index (κ2) is 16.6. The van der Waals surface area contributed by atoms with Gasteiger partial charge in [0, 0.05) is 4.58 Å². The van der Waals surface area contributed by atoms with E-state index in [4.69, 9.17) is 20.4 Å². The lowest BCUT2D eigenvalue weighted by Crippen LogP contribution is -2.00. The van der Waals surface area contributed by atoms with Crippen molar-refractivity contribution in [1.29, 1.82) is 0 Å². The van der Waals surface area contributed by atoms with Gasteiger partial charge in [-0.3, -0.25) is 19.2 Å². The highest BCUT2D eigenvalue weighted by molar-refractivity contribution is 7.99. The molecule has 124 valence electrons. The summed E-state index contributed by atoms with van der Waals surface area (Å²) in [6.07, 6.45) is -0.151. The van der Waals surface area contributed by atoms with Crippen molar-refractivity contribution in [1.82, 2.24) is 0 Å². The van der Waals surface area contributed by atoms with Gasteiger partial charge in [0.25, 0.3) is 0 Å². The topological polar surface area (TPSA) is 149 Å². The van der Waals surface area contributed by atoms with Crippen molar-refractivity contribution < 1.29 is 39.6 Å². The van der Waals surface area contributed by atoms with Crippen molar-refractivity contribution in [3.05, 3.63) is 0 Å². The highest BCUT2D eigenvalue weighted by Crippen LogP contribution is 2.01. The summed E-state index contributed by atoms with van der Waals surface area (Å²) in [7, 11) is 0. The van der Waals surface area contributed by atoms with Crippen LogP contribution in [0.25, 0.3) is 0 Å². The van der Waals surface area contributed by atoms with E-state index in [2.05, 4.69) is 25.3 Å². The maximum atomic E-state index is 9.64. The number of carboxylic acid groups (broad SMARTS) is 4. The Balaban J connectivity index is -0.000000239. The smallest absolute Gasteiger partial charge is 0.303 e. The fourth-order valence-corrected chi connectivity index (χ4v) is 0.428. The van der Waals surface area contributed by atoms with E-state index in [0.29, 0.717) is 0 Å². The minimum atomic E-state index is -1.08. The normalized spacial score (nSPS) is 8.76. The van der Waals surface area contributed by atoms with Crippen LogP contribution in [-0.2, 0) is 19.2 Å². The predicted octanol–water partition coefficient (Wildman–Crippen LogP) is 1.45. The lowest BCUT2D eigenvalue weighted by Gasteiger charge is -1.89. The molecule has 21 heavy (non-hydrogen) atoms. The molecule has 0 unspecified atom stereocenters. The summed E-state index contributed by atoms with van der Waals surface area (Å²) in [5.41, 5.74) is 0. The number of hydrogen-bond acceptors (Lipinski definition) is 6. The average Bonchev–Trinajstić information content (AvgIpc) is 2.35. The Hall–Kier alpha value is -1.42. The molecule has 0 spiro atoms. The van der Waals surface area contributed by atoms with Crippen molar-refractivity contribution in [2.45, 2.75) is 43.6 Å². The summed E-state index contributed by atoms with van der Waals surface area (Å²) in [5, 5.41) is 31.6. The number of rotatable bonds is 7. The molecule has 0 rings (SSSR count). The Morgan fingerprint density at radius 2 is 0.857 bits per heavy atom. The molecule has 10 heteroatoms. The lowest BCUT2D eigenvalue weighted by atomic mass is 10.3. The van der Waals surface area contributed by atoms with Crippen LogP contribution in [-0.4, -0.2) is 48.9 Å². The minimum absolute atomic E-state index is 0.273. The molecule has 0 saturated carbocycles. The number of carboxylic acids is 4. The van der Waals surface area contributed by atoms with Crippen LogP contribution in [0.15, 0.2) is 0 Å². The Morgan fingerprint density at radius 1 is 0.714 bits per heavy atom. The van der Waals surface area contributed by atoms with E-state index in [9.17, 15) is 19.2 Å². The molecule has 0 saturated heterocycles. The van der Waals surface area contributed by atoms with E-state index in [0.717, 1.165) is 6.42 Å². The zero-order valence-electron chi connectivity index (χ0n) is 11.4. The first kappa shape index (κ1) is 24.6. The van der Waals surface area contributed by atoms with E-state index in [1.165, 1.54) is 0 Å².